The van der Waals surface area contributed by atoms with Gasteiger partial charge in [-0.25, -0.2) is 0 Å². The van der Waals surface area contributed by atoms with E-state index in [1.807, 2.05) is 12.1 Å². The lowest BCUT2D eigenvalue weighted by atomic mass is 9.98. The van der Waals surface area contributed by atoms with E-state index in [0.29, 0.717) is 12.1 Å². The van der Waals surface area contributed by atoms with E-state index >= 15 is 0 Å². The summed E-state index contributed by atoms with van der Waals surface area (Å²) < 4.78 is 0. The molecule has 0 amide bonds. The molecule has 0 radical (unpaired) electrons. The quantitative estimate of drug-likeness (QED) is 0.898. The van der Waals surface area contributed by atoms with Gasteiger partial charge in [-0.2, -0.15) is 5.26 Å². The largest absolute Gasteiger partial charge is 0.306 e. The van der Waals surface area contributed by atoms with Crippen LogP contribution in [-0.4, -0.2) is 6.04 Å². The predicted molar refractivity (Wildman–Crippen MR) is 76.8 cm³/mol. The first-order valence-electron chi connectivity index (χ1n) is 7.19. The van der Waals surface area contributed by atoms with E-state index in [2.05, 4.69) is 23.5 Å². The van der Waals surface area contributed by atoms with E-state index in [4.69, 9.17) is 11.6 Å². The van der Waals surface area contributed by atoms with Crippen molar-refractivity contribution >= 4 is 11.6 Å². The molecule has 1 N–H and O–H groups in total. The van der Waals surface area contributed by atoms with Crippen molar-refractivity contribution in [2.24, 2.45) is 11.8 Å². The van der Waals surface area contributed by atoms with Crippen molar-refractivity contribution < 1.29 is 0 Å². The van der Waals surface area contributed by atoms with Gasteiger partial charge in [0.05, 0.1) is 12.0 Å². The molecule has 1 aromatic rings. The van der Waals surface area contributed by atoms with Crippen LogP contribution in [0.5, 0.6) is 0 Å². The van der Waals surface area contributed by atoms with Gasteiger partial charge >= 0.3 is 0 Å². The zero-order valence-electron chi connectivity index (χ0n) is 11.0. The fourth-order valence-corrected chi connectivity index (χ4v) is 3.27. The van der Waals surface area contributed by atoms with Gasteiger partial charge in [0.2, 0.25) is 0 Å². The summed E-state index contributed by atoms with van der Waals surface area (Å²) in [5, 5.41) is 13.7. The van der Waals surface area contributed by atoms with Crippen molar-refractivity contribution in [2.45, 2.75) is 44.2 Å². The van der Waals surface area contributed by atoms with Gasteiger partial charge in [0.15, 0.2) is 0 Å². The molecule has 0 saturated heterocycles. The normalized spacial score (nSPS) is 28.0. The molecule has 19 heavy (non-hydrogen) atoms. The van der Waals surface area contributed by atoms with Crippen molar-refractivity contribution in [3.63, 3.8) is 0 Å². The average Bonchev–Trinajstić information content (AvgIpc) is 3.17. The monoisotopic (exact) mass is 274 g/mol. The molecule has 2 fully saturated rings. The van der Waals surface area contributed by atoms with Crippen LogP contribution in [-0.2, 0) is 0 Å². The minimum absolute atomic E-state index is 0.188. The van der Waals surface area contributed by atoms with Crippen LogP contribution in [0.2, 0.25) is 5.02 Å². The predicted octanol–water partition coefficient (Wildman–Crippen LogP) is 4.07. The van der Waals surface area contributed by atoms with E-state index < -0.39 is 0 Å². The standard InChI is InChI=1S/C16H19ClN2/c17-14-8-6-12(7-9-14)16(11-4-5-11)19-15-3-1-2-13(15)10-18/h6-9,11,13,15-16,19H,1-5H2. The molecule has 100 valence electrons. The summed E-state index contributed by atoms with van der Waals surface area (Å²) >= 11 is 5.96. The van der Waals surface area contributed by atoms with Crippen LogP contribution < -0.4 is 5.32 Å². The Kier molecular flexibility index (Phi) is 3.77. The Balaban J connectivity index is 1.74. The number of hydrogen-bond donors (Lipinski definition) is 1. The second kappa shape index (κ2) is 5.53. The van der Waals surface area contributed by atoms with E-state index in [1.165, 1.54) is 24.8 Å². The maximum Gasteiger partial charge on any atom is 0.0672 e. The number of hydrogen-bond acceptors (Lipinski definition) is 2. The Bertz CT molecular complexity index is 473. The third-order valence-corrected chi connectivity index (χ3v) is 4.65. The Morgan fingerprint density at radius 2 is 1.89 bits per heavy atom. The molecular weight excluding hydrogens is 256 g/mol. The first-order chi connectivity index (χ1) is 9.28. The van der Waals surface area contributed by atoms with Crippen LogP contribution in [0.1, 0.15) is 43.7 Å². The first kappa shape index (κ1) is 13.0. The van der Waals surface area contributed by atoms with Crippen LogP contribution in [0.25, 0.3) is 0 Å². The molecule has 2 aliphatic rings. The maximum atomic E-state index is 9.20. The van der Waals surface area contributed by atoms with Crippen LogP contribution in [0.4, 0.5) is 0 Å². The molecule has 1 aromatic carbocycles. The molecule has 0 heterocycles. The maximum absolute atomic E-state index is 9.20. The number of nitriles is 1. The molecule has 3 unspecified atom stereocenters. The van der Waals surface area contributed by atoms with Crippen LogP contribution >= 0.6 is 11.6 Å². The Labute approximate surface area is 119 Å². The summed E-state index contributed by atoms with van der Waals surface area (Å²) in [6, 6.07) is 11.4. The van der Waals surface area contributed by atoms with Crippen molar-refractivity contribution in [3.8, 4) is 6.07 Å². The molecule has 3 heteroatoms. The lowest BCUT2D eigenvalue weighted by Gasteiger charge is -2.25. The highest BCUT2D eigenvalue weighted by Crippen LogP contribution is 2.42. The fraction of sp³-hybridized carbons (Fsp3) is 0.562. The number of rotatable bonds is 4. The molecule has 0 aliphatic heterocycles. The van der Waals surface area contributed by atoms with Gasteiger partial charge in [-0.1, -0.05) is 30.2 Å². The topological polar surface area (TPSA) is 35.8 Å². The number of nitrogens with zero attached hydrogens (tertiary/aromatic N) is 1. The molecule has 2 saturated carbocycles. The highest BCUT2D eigenvalue weighted by atomic mass is 35.5. The van der Waals surface area contributed by atoms with E-state index in [1.54, 1.807) is 0 Å². The van der Waals surface area contributed by atoms with Crippen LogP contribution in [0.15, 0.2) is 24.3 Å². The first-order valence-corrected chi connectivity index (χ1v) is 7.57. The van der Waals surface area contributed by atoms with Crippen molar-refractivity contribution in [2.75, 3.05) is 0 Å². The molecule has 3 rings (SSSR count). The Hall–Kier alpha value is -1.04. The van der Waals surface area contributed by atoms with Gasteiger partial charge in [0.1, 0.15) is 0 Å². The summed E-state index contributed by atoms with van der Waals surface area (Å²) in [4.78, 5) is 0. The van der Waals surface area contributed by atoms with E-state index in [9.17, 15) is 5.26 Å². The van der Waals surface area contributed by atoms with Crippen molar-refractivity contribution in [1.29, 1.82) is 5.26 Å². The third kappa shape index (κ3) is 2.94. The minimum atomic E-state index is 0.188. The second-order valence-corrected chi connectivity index (χ2v) is 6.24. The van der Waals surface area contributed by atoms with Gasteiger partial charge < -0.3 is 5.32 Å². The highest BCUT2D eigenvalue weighted by Gasteiger charge is 2.36. The molecule has 0 spiro atoms. The molecule has 2 nitrogen and oxygen atoms in total. The fourth-order valence-electron chi connectivity index (χ4n) is 3.15. The lowest BCUT2D eigenvalue weighted by molar-refractivity contribution is 0.375. The van der Waals surface area contributed by atoms with Gasteiger partial charge in [-0.15, -0.1) is 0 Å². The summed E-state index contributed by atoms with van der Waals surface area (Å²) in [5.74, 6) is 0.926. The van der Waals surface area contributed by atoms with E-state index in [-0.39, 0.29) is 5.92 Å². The Morgan fingerprint density at radius 3 is 2.53 bits per heavy atom. The zero-order valence-corrected chi connectivity index (χ0v) is 11.7. The SMILES string of the molecule is N#CC1CCCC1NC(c1ccc(Cl)cc1)C1CC1. The summed E-state index contributed by atoms with van der Waals surface area (Å²) in [5.41, 5.74) is 1.32. The molecule has 0 bridgehead atoms. The number of nitrogens with one attached hydrogen (secondary N) is 1. The van der Waals surface area contributed by atoms with Gasteiger partial charge in [0.25, 0.3) is 0 Å². The number of benzene rings is 1. The van der Waals surface area contributed by atoms with Crippen molar-refractivity contribution in [3.05, 3.63) is 34.9 Å². The number of halogens is 1. The third-order valence-electron chi connectivity index (χ3n) is 4.40. The van der Waals surface area contributed by atoms with E-state index in [0.717, 1.165) is 23.8 Å². The van der Waals surface area contributed by atoms with Gasteiger partial charge in [0, 0.05) is 17.1 Å². The van der Waals surface area contributed by atoms with Crippen LogP contribution in [0, 0.1) is 23.2 Å². The summed E-state index contributed by atoms with van der Waals surface area (Å²) in [7, 11) is 0. The summed E-state index contributed by atoms with van der Waals surface area (Å²) in [6.07, 6.45) is 5.95. The smallest absolute Gasteiger partial charge is 0.0672 e. The zero-order chi connectivity index (χ0) is 13.2. The summed E-state index contributed by atoms with van der Waals surface area (Å²) in [6.45, 7) is 0. The molecule has 3 atom stereocenters. The molecule has 0 aromatic heterocycles. The molecular formula is C16H19ClN2. The lowest BCUT2D eigenvalue weighted by Crippen LogP contribution is -2.36. The molecule has 2 aliphatic carbocycles. The second-order valence-electron chi connectivity index (χ2n) is 5.81. The van der Waals surface area contributed by atoms with Gasteiger partial charge in [-0.05, 0) is 49.3 Å². The van der Waals surface area contributed by atoms with Crippen molar-refractivity contribution in [1.82, 2.24) is 5.32 Å². The van der Waals surface area contributed by atoms with Crippen LogP contribution in [0.3, 0.4) is 0 Å². The Morgan fingerprint density at radius 1 is 1.16 bits per heavy atom. The van der Waals surface area contributed by atoms with Gasteiger partial charge in [-0.3, -0.25) is 0 Å². The minimum Gasteiger partial charge on any atom is -0.306 e. The highest BCUT2D eigenvalue weighted by molar-refractivity contribution is 6.30. The average molecular weight is 275 g/mol.